The number of ether oxygens (including phenoxy) is 3. The smallest absolute Gasteiger partial charge is 0.424 e. The minimum absolute atomic E-state index is 0.0250. The molecule has 1 saturated heterocycles. The number of anilines is 1. The number of nitrogens with one attached hydrogen (secondary N) is 6. The van der Waals surface area contributed by atoms with E-state index in [4.69, 9.17) is 19.9 Å². The van der Waals surface area contributed by atoms with Gasteiger partial charge >= 0.3 is 18.3 Å². The number of para-hydroxylation sites is 2. The van der Waals surface area contributed by atoms with Crippen molar-refractivity contribution >= 4 is 64.3 Å². The third kappa shape index (κ3) is 22.2. The fourth-order valence-corrected chi connectivity index (χ4v) is 11.6. The zero-order chi connectivity index (χ0) is 70.1. The Bertz CT molecular complexity index is 3770. The number of aromatic nitrogens is 3. The molecule has 518 valence electrons. The van der Waals surface area contributed by atoms with Gasteiger partial charge in [-0.15, -0.1) is 0 Å². The Morgan fingerprint density at radius 3 is 1.96 bits per heavy atom. The SMILES string of the molecule is CC(C)N(CC(=O)[C@H](Cc1ccccc1)NC(=O)[C@@H](CC(N)=O)NC(=O)c1ccc2ccccc2n1)NC(O)c1ccccc1NC(=O)Oc1ccccn1.COC(=O)N1C[C@@H]2CCCC[C@@H]2CN1CC(O)[C@H](Cc1ccccc1)NC(=O)[C@H](NC(=O)OCc1ccccn1)C(C)C. The molecular formula is C72H87N13O13. The predicted molar refractivity (Wildman–Crippen MR) is 365 cm³/mol. The number of Topliss-reactive ketones (excluding diaryl/α,β-unsaturated/α-hetero) is 1. The van der Waals surface area contributed by atoms with Gasteiger partial charge in [0.15, 0.2) is 5.78 Å². The van der Waals surface area contributed by atoms with Crippen molar-refractivity contribution in [1.82, 2.24) is 56.7 Å². The number of hydrogen-bond donors (Lipinski definition) is 9. The summed E-state index contributed by atoms with van der Waals surface area (Å²) in [6, 6.07) is 41.2. The molecule has 0 spiro atoms. The summed E-state index contributed by atoms with van der Waals surface area (Å²) < 4.78 is 15.6. The fourth-order valence-electron chi connectivity index (χ4n) is 11.6. The first-order valence-electron chi connectivity index (χ1n) is 32.7. The van der Waals surface area contributed by atoms with Crippen molar-refractivity contribution < 1.29 is 62.8 Å². The number of carbonyl (C=O) groups is 8. The number of aliphatic hydroxyl groups is 2. The van der Waals surface area contributed by atoms with E-state index in [1.165, 1.54) is 30.4 Å². The van der Waals surface area contributed by atoms with Crippen molar-refractivity contribution in [1.29, 1.82) is 0 Å². The van der Waals surface area contributed by atoms with Crippen LogP contribution in [0, 0.1) is 17.8 Å². The number of nitrogens with zero attached hydrogens (tertiary/aromatic N) is 6. The lowest BCUT2D eigenvalue weighted by Crippen LogP contribution is -2.61. The minimum atomic E-state index is -1.42. The number of hydrogen-bond acceptors (Lipinski definition) is 19. The van der Waals surface area contributed by atoms with Crippen LogP contribution in [0.2, 0.25) is 0 Å². The molecule has 2 aliphatic rings. The van der Waals surface area contributed by atoms with Gasteiger partial charge in [0, 0.05) is 55.1 Å². The van der Waals surface area contributed by atoms with Crippen LogP contribution in [-0.4, -0.2) is 157 Å². The lowest BCUT2D eigenvalue weighted by atomic mass is 9.77. The van der Waals surface area contributed by atoms with Crippen molar-refractivity contribution in [3.05, 3.63) is 198 Å². The fraction of sp³-hybridized carbons (Fsp3) is 0.375. The summed E-state index contributed by atoms with van der Waals surface area (Å²) in [5.74, 6) is -2.54. The van der Waals surface area contributed by atoms with E-state index in [0.29, 0.717) is 42.6 Å². The molecule has 10 N–H and O–H groups in total. The van der Waals surface area contributed by atoms with E-state index in [0.717, 1.165) is 42.2 Å². The van der Waals surface area contributed by atoms with Gasteiger partial charge in [0.1, 0.15) is 30.6 Å². The Balaban J connectivity index is 0.000000258. The Morgan fingerprint density at radius 1 is 0.663 bits per heavy atom. The Labute approximate surface area is 569 Å². The van der Waals surface area contributed by atoms with Crippen LogP contribution in [0.4, 0.5) is 20.1 Å². The number of fused-ring (bicyclic) bond motifs is 2. The molecule has 26 heteroatoms. The first kappa shape index (κ1) is 73.6. The van der Waals surface area contributed by atoms with E-state index in [9.17, 15) is 48.6 Å². The summed E-state index contributed by atoms with van der Waals surface area (Å²) in [6.07, 6.45) is 3.06. The number of nitrogens with two attached hydrogens (primary N) is 1. The molecule has 2 unspecified atom stereocenters. The van der Waals surface area contributed by atoms with Crippen LogP contribution >= 0.6 is 0 Å². The van der Waals surface area contributed by atoms with Crippen LogP contribution in [0.5, 0.6) is 5.88 Å². The van der Waals surface area contributed by atoms with Gasteiger partial charge in [0.05, 0.1) is 55.2 Å². The molecule has 4 heterocycles. The molecule has 1 aliphatic carbocycles. The van der Waals surface area contributed by atoms with E-state index >= 15 is 0 Å². The molecule has 8 atom stereocenters. The standard InChI is InChI=1S/C40H42N8O7.C32H45N5O6/c1-25(2)48(47-37(51)28-15-7-9-17-30(28)46-40(54)55-36-18-10-11-21-42-36)24-34(49)32(22-26-12-4-3-5-13-26)44-39(53)33(23-35(41)50)45-38(52)31-20-19-27-14-6-8-16-29(27)43-31;1-22(2)29(35-31(40)43-21-26-15-9-10-16-33-26)30(39)34-27(17-23-11-5-4-6-12-23)28(38)20-36-18-24-13-7-8-14-25(24)19-37(36)32(41)42-3/h3-21,25,32-33,37,47,51H,22-24H2,1-2H3,(H2,41,50)(H,44,53)(H,45,52)(H,46,54);4-6,9-12,15-16,22,24-25,27-29,38H,7-8,13-14,17-21H2,1-3H3,(H,34,39)(H,35,40)/t32-,33+,37?;24-,25+,27+,28?,29-/m01/s1. The molecule has 98 heavy (non-hydrogen) atoms. The lowest BCUT2D eigenvalue weighted by molar-refractivity contribution is -0.131. The molecule has 9 rings (SSSR count). The van der Waals surface area contributed by atoms with Gasteiger partial charge in [0.2, 0.25) is 23.6 Å². The maximum Gasteiger partial charge on any atom is 0.424 e. The van der Waals surface area contributed by atoms with Gasteiger partial charge in [-0.25, -0.2) is 44.8 Å². The number of aliphatic hydroxyl groups excluding tert-OH is 2. The van der Waals surface area contributed by atoms with Crippen molar-refractivity contribution in [2.24, 2.45) is 23.5 Å². The lowest BCUT2D eigenvalue weighted by Gasteiger charge is -2.48. The number of β-amino-alcohol motifs (C(OH)–C–C–N with tert-alkyl or cyclic N) is 1. The van der Waals surface area contributed by atoms with Gasteiger partial charge in [-0.2, -0.15) is 0 Å². The average Bonchev–Trinajstić information content (AvgIpc) is 0.811. The number of benzene rings is 4. The molecule has 26 nitrogen and oxygen atoms in total. The number of alkyl carbamates (subject to hydrolysis) is 1. The number of primary amides is 1. The van der Waals surface area contributed by atoms with Crippen LogP contribution < -0.4 is 42.5 Å². The van der Waals surface area contributed by atoms with Crippen molar-refractivity contribution in [3.63, 3.8) is 0 Å². The van der Waals surface area contributed by atoms with E-state index < -0.39 is 90.6 Å². The molecule has 0 radical (unpaired) electrons. The van der Waals surface area contributed by atoms with E-state index in [-0.39, 0.29) is 60.9 Å². The number of methoxy groups -OCH3 is 1. The molecule has 7 aromatic rings. The number of ketones is 1. The monoisotopic (exact) mass is 1340 g/mol. The van der Waals surface area contributed by atoms with Crippen molar-refractivity contribution in [2.75, 3.05) is 38.6 Å². The van der Waals surface area contributed by atoms with Crippen LogP contribution in [0.15, 0.2) is 170 Å². The summed E-state index contributed by atoms with van der Waals surface area (Å²) >= 11 is 0. The highest BCUT2D eigenvalue weighted by atomic mass is 16.6. The molecule has 4 aromatic carbocycles. The number of amides is 7. The van der Waals surface area contributed by atoms with Crippen molar-refractivity contribution in [3.8, 4) is 5.88 Å². The summed E-state index contributed by atoms with van der Waals surface area (Å²) in [6.45, 7) is 8.27. The summed E-state index contributed by atoms with van der Waals surface area (Å²) in [4.78, 5) is 117. The first-order valence-corrected chi connectivity index (χ1v) is 32.7. The number of carbonyl (C=O) groups excluding carboxylic acids is 8. The molecule has 0 bridgehead atoms. The molecule has 7 amide bonds. The molecule has 1 saturated carbocycles. The number of hydrazine groups is 2. The molecule has 2 fully saturated rings. The third-order valence-electron chi connectivity index (χ3n) is 16.8. The zero-order valence-corrected chi connectivity index (χ0v) is 55.6. The Morgan fingerprint density at radius 2 is 1.31 bits per heavy atom. The van der Waals surface area contributed by atoms with E-state index in [2.05, 4.69) is 47.0 Å². The predicted octanol–water partition coefficient (Wildman–Crippen LogP) is 6.94. The van der Waals surface area contributed by atoms with Gasteiger partial charge in [0.25, 0.3) is 5.91 Å². The van der Waals surface area contributed by atoms with Crippen LogP contribution in [0.3, 0.4) is 0 Å². The topological polar surface area (TPSA) is 351 Å². The summed E-state index contributed by atoms with van der Waals surface area (Å²) in [5.41, 5.74) is 11.8. The van der Waals surface area contributed by atoms with Gasteiger partial charge in [-0.1, -0.05) is 142 Å². The second-order valence-corrected chi connectivity index (χ2v) is 24.7. The Hall–Kier alpha value is -10.3. The van der Waals surface area contributed by atoms with Gasteiger partial charge in [-0.05, 0) is 105 Å². The van der Waals surface area contributed by atoms with Crippen LogP contribution in [-0.2, 0) is 48.1 Å². The van der Waals surface area contributed by atoms with E-state index in [1.54, 1.807) is 122 Å². The highest BCUT2D eigenvalue weighted by Crippen LogP contribution is 2.36. The minimum Gasteiger partial charge on any atom is -0.452 e. The summed E-state index contributed by atoms with van der Waals surface area (Å²) in [7, 11) is 1.36. The van der Waals surface area contributed by atoms with E-state index in [1.807, 2.05) is 67.4 Å². The van der Waals surface area contributed by atoms with Gasteiger partial charge < -0.3 is 51.4 Å². The maximum absolute atomic E-state index is 14.1. The third-order valence-corrected chi connectivity index (χ3v) is 16.8. The highest BCUT2D eigenvalue weighted by molar-refractivity contribution is 6.00. The molecule has 1 aliphatic heterocycles. The summed E-state index contributed by atoms with van der Waals surface area (Å²) in [5, 5.41) is 42.3. The molecule has 3 aromatic heterocycles. The molecular weight excluding hydrogens is 1250 g/mol. The average molecular weight is 1340 g/mol. The van der Waals surface area contributed by atoms with Crippen LogP contribution in [0.1, 0.15) is 98.9 Å². The largest absolute Gasteiger partial charge is 0.452 e. The number of rotatable bonds is 28. The maximum atomic E-state index is 14.1. The quantitative estimate of drug-likeness (QED) is 0.0177. The van der Waals surface area contributed by atoms with Gasteiger partial charge in [-0.3, -0.25) is 34.3 Å². The first-order chi connectivity index (χ1) is 47.2. The zero-order valence-electron chi connectivity index (χ0n) is 55.6. The van der Waals surface area contributed by atoms with Crippen LogP contribution in [0.25, 0.3) is 10.9 Å². The number of pyridine rings is 3. The van der Waals surface area contributed by atoms with Crippen molar-refractivity contribution in [2.45, 2.75) is 122 Å². The Kier molecular flexibility index (Phi) is 27.6. The second kappa shape index (κ2) is 36.7. The normalized spacial score (nSPS) is 16.3. The second-order valence-electron chi connectivity index (χ2n) is 24.7. The highest BCUT2D eigenvalue weighted by Gasteiger charge is 2.41.